The Labute approximate surface area is 166 Å². The first-order valence-corrected chi connectivity index (χ1v) is 10.1. The fraction of sp³-hybridized carbons (Fsp3) is 0.231. The summed E-state index contributed by atoms with van der Waals surface area (Å²) in [6.07, 6.45) is 3.13. The van der Waals surface area contributed by atoms with Crippen LogP contribution in [0.2, 0.25) is 0 Å². The van der Waals surface area contributed by atoms with E-state index in [-0.39, 0.29) is 0 Å². The Morgan fingerprint density at radius 2 is 1.71 bits per heavy atom. The van der Waals surface area contributed by atoms with Gasteiger partial charge in [0.05, 0.1) is 16.9 Å². The van der Waals surface area contributed by atoms with Crippen molar-refractivity contribution in [3.05, 3.63) is 82.7 Å². The Bertz CT molecular complexity index is 1220. The van der Waals surface area contributed by atoms with Crippen LogP contribution in [0, 0.1) is 13.8 Å². The molecule has 0 aliphatic heterocycles. The molecular weight excluding hydrogens is 340 g/mol. The molecule has 28 heavy (non-hydrogen) atoms. The molecule has 138 valence electrons. The first kappa shape index (κ1) is 17.1. The van der Waals surface area contributed by atoms with E-state index in [4.69, 9.17) is 9.97 Å². The van der Waals surface area contributed by atoms with Gasteiger partial charge in [-0.05, 0) is 66.8 Å². The molecule has 0 fully saturated rings. The molecule has 4 aromatic rings. The molecule has 0 unspecified atom stereocenters. The lowest BCUT2D eigenvalue weighted by molar-refractivity contribution is 0.929. The molecular formula is C26H24N2. The van der Waals surface area contributed by atoms with Gasteiger partial charge in [-0.25, -0.2) is 4.98 Å². The van der Waals surface area contributed by atoms with E-state index in [0.717, 1.165) is 36.2 Å². The minimum atomic E-state index is 0.886. The number of fused-ring (bicyclic) bond motifs is 4. The summed E-state index contributed by atoms with van der Waals surface area (Å²) in [5.74, 6) is 0. The van der Waals surface area contributed by atoms with E-state index in [0.29, 0.717) is 0 Å². The van der Waals surface area contributed by atoms with Gasteiger partial charge in [0, 0.05) is 28.6 Å². The smallest absolute Gasteiger partial charge is 0.0712 e. The fourth-order valence-corrected chi connectivity index (χ4v) is 4.49. The molecule has 0 radical (unpaired) electrons. The Morgan fingerprint density at radius 3 is 2.57 bits per heavy atom. The number of pyridine rings is 2. The highest BCUT2D eigenvalue weighted by atomic mass is 14.7. The van der Waals surface area contributed by atoms with E-state index in [1.807, 2.05) is 0 Å². The zero-order valence-electron chi connectivity index (χ0n) is 16.7. The van der Waals surface area contributed by atoms with Crippen molar-refractivity contribution in [2.24, 2.45) is 0 Å². The molecule has 5 rings (SSSR count). The Morgan fingerprint density at radius 1 is 0.857 bits per heavy atom. The molecule has 1 aliphatic carbocycles. The number of hydrogen-bond acceptors (Lipinski definition) is 2. The number of hydrogen-bond donors (Lipinski definition) is 0. The molecule has 0 saturated heterocycles. The lowest BCUT2D eigenvalue weighted by atomic mass is 9.95. The summed E-state index contributed by atoms with van der Waals surface area (Å²) >= 11 is 0. The van der Waals surface area contributed by atoms with Gasteiger partial charge in [-0.3, -0.25) is 4.98 Å². The van der Waals surface area contributed by atoms with Crippen LogP contribution < -0.4 is 0 Å². The predicted molar refractivity (Wildman–Crippen MR) is 117 cm³/mol. The van der Waals surface area contributed by atoms with Crippen molar-refractivity contribution < 1.29 is 0 Å². The van der Waals surface area contributed by atoms with Gasteiger partial charge in [-0.15, -0.1) is 0 Å². The third-order valence-electron chi connectivity index (χ3n) is 5.76. The molecule has 2 aromatic heterocycles. The highest BCUT2D eigenvalue weighted by Gasteiger charge is 2.24. The van der Waals surface area contributed by atoms with Crippen molar-refractivity contribution in [3.63, 3.8) is 0 Å². The van der Waals surface area contributed by atoms with Gasteiger partial charge < -0.3 is 0 Å². The largest absolute Gasteiger partial charge is 0.257 e. The SMILES string of the molecule is CCCc1cccc2nc(-c3cc(C)cc4c3Cc3nc(C)ccc3-4)ccc12. The van der Waals surface area contributed by atoms with E-state index in [2.05, 4.69) is 75.4 Å². The second kappa shape index (κ2) is 6.56. The van der Waals surface area contributed by atoms with E-state index < -0.39 is 0 Å². The summed E-state index contributed by atoms with van der Waals surface area (Å²) in [5, 5.41) is 1.28. The van der Waals surface area contributed by atoms with Crippen molar-refractivity contribution in [2.75, 3.05) is 0 Å². The molecule has 2 nitrogen and oxygen atoms in total. The average Bonchev–Trinajstić information content (AvgIpc) is 3.04. The van der Waals surface area contributed by atoms with E-state index >= 15 is 0 Å². The summed E-state index contributed by atoms with van der Waals surface area (Å²) in [7, 11) is 0. The normalized spacial score (nSPS) is 12.2. The van der Waals surface area contributed by atoms with Crippen LogP contribution in [0.4, 0.5) is 0 Å². The second-order valence-corrected chi connectivity index (χ2v) is 7.89. The first-order valence-electron chi connectivity index (χ1n) is 10.1. The van der Waals surface area contributed by atoms with Crippen molar-refractivity contribution >= 4 is 10.9 Å². The number of aryl methyl sites for hydroxylation is 3. The van der Waals surface area contributed by atoms with Crippen LogP contribution in [-0.4, -0.2) is 9.97 Å². The maximum atomic E-state index is 5.07. The summed E-state index contributed by atoms with van der Waals surface area (Å²) < 4.78 is 0. The lowest BCUT2D eigenvalue weighted by Gasteiger charge is -2.12. The van der Waals surface area contributed by atoms with Gasteiger partial charge in [-0.2, -0.15) is 0 Å². The fourth-order valence-electron chi connectivity index (χ4n) is 4.49. The molecule has 1 aliphatic rings. The van der Waals surface area contributed by atoms with Crippen molar-refractivity contribution in [3.8, 4) is 22.4 Å². The number of nitrogens with zero attached hydrogens (tertiary/aromatic N) is 2. The topological polar surface area (TPSA) is 25.8 Å². The number of rotatable bonds is 3. The molecule has 2 heterocycles. The zero-order chi connectivity index (χ0) is 19.3. The van der Waals surface area contributed by atoms with Crippen LogP contribution in [0.15, 0.2) is 54.6 Å². The molecule has 0 saturated carbocycles. The average molecular weight is 364 g/mol. The summed E-state index contributed by atoms with van der Waals surface area (Å²) in [6.45, 7) is 6.46. The van der Waals surface area contributed by atoms with Gasteiger partial charge in [0.15, 0.2) is 0 Å². The molecule has 2 aromatic carbocycles. The lowest BCUT2D eigenvalue weighted by Crippen LogP contribution is -1.94. The molecule has 0 bridgehead atoms. The van der Waals surface area contributed by atoms with Crippen LogP contribution in [0.3, 0.4) is 0 Å². The van der Waals surface area contributed by atoms with Crippen LogP contribution in [0.5, 0.6) is 0 Å². The van der Waals surface area contributed by atoms with Crippen LogP contribution in [-0.2, 0) is 12.8 Å². The van der Waals surface area contributed by atoms with Crippen LogP contribution in [0.1, 0.15) is 41.4 Å². The molecule has 2 heteroatoms. The zero-order valence-corrected chi connectivity index (χ0v) is 16.7. The Kier molecular flexibility index (Phi) is 4.01. The minimum absolute atomic E-state index is 0.886. The number of aromatic nitrogens is 2. The molecule has 0 atom stereocenters. The van der Waals surface area contributed by atoms with Crippen molar-refractivity contribution in [2.45, 2.75) is 40.0 Å². The maximum absolute atomic E-state index is 5.07. The monoisotopic (exact) mass is 364 g/mol. The van der Waals surface area contributed by atoms with E-state index in [9.17, 15) is 0 Å². The van der Waals surface area contributed by atoms with E-state index in [1.54, 1.807) is 0 Å². The van der Waals surface area contributed by atoms with Gasteiger partial charge in [0.2, 0.25) is 0 Å². The quantitative estimate of drug-likeness (QED) is 0.368. The molecule has 0 amide bonds. The van der Waals surface area contributed by atoms with Gasteiger partial charge in [0.1, 0.15) is 0 Å². The predicted octanol–water partition coefficient (Wildman–Crippen LogP) is 6.44. The van der Waals surface area contributed by atoms with Gasteiger partial charge in [-0.1, -0.05) is 43.7 Å². The van der Waals surface area contributed by atoms with Crippen LogP contribution in [0.25, 0.3) is 33.3 Å². The van der Waals surface area contributed by atoms with Crippen molar-refractivity contribution in [1.29, 1.82) is 0 Å². The summed E-state index contributed by atoms with van der Waals surface area (Å²) in [4.78, 5) is 9.86. The highest BCUT2D eigenvalue weighted by molar-refractivity contribution is 5.88. The second-order valence-electron chi connectivity index (χ2n) is 7.89. The third kappa shape index (κ3) is 2.72. The molecule has 0 N–H and O–H groups in total. The minimum Gasteiger partial charge on any atom is -0.257 e. The van der Waals surface area contributed by atoms with E-state index in [1.165, 1.54) is 44.5 Å². The van der Waals surface area contributed by atoms with Crippen LogP contribution >= 0.6 is 0 Å². The van der Waals surface area contributed by atoms with Gasteiger partial charge in [0.25, 0.3) is 0 Å². The first-order chi connectivity index (χ1) is 13.6. The summed E-state index contributed by atoms with van der Waals surface area (Å²) in [5.41, 5.74) is 12.3. The van der Waals surface area contributed by atoms with Gasteiger partial charge >= 0.3 is 0 Å². The highest BCUT2D eigenvalue weighted by Crippen LogP contribution is 2.41. The standard InChI is InChI=1S/C26H24N2/c1-4-6-18-7-5-8-24-19(18)11-12-25(28-24)23-14-16(2)13-21-20-10-9-17(3)27-26(20)15-22(21)23/h5,7-14H,4,6,15H2,1-3H3. The Hall–Kier alpha value is -3.00. The van der Waals surface area contributed by atoms with Crippen molar-refractivity contribution in [1.82, 2.24) is 9.97 Å². The maximum Gasteiger partial charge on any atom is 0.0712 e. The Balaban J connectivity index is 1.68. The summed E-state index contributed by atoms with van der Waals surface area (Å²) in [6, 6.07) is 19.8. The number of benzene rings is 2. The molecule has 0 spiro atoms. The third-order valence-corrected chi connectivity index (χ3v) is 5.76.